The Morgan fingerprint density at radius 3 is 2.67 bits per heavy atom. The number of halogens is 3. The molecule has 0 amide bonds. The van der Waals surface area contributed by atoms with Crippen LogP contribution in [-0.2, 0) is 9.53 Å². The third kappa shape index (κ3) is 4.15. The second-order valence-corrected chi connectivity index (χ2v) is 5.00. The largest absolute Gasteiger partial charge is 0.522 e. The average molecular weight is 268 g/mol. The molecule has 1 rings (SSSR count). The van der Waals surface area contributed by atoms with Gasteiger partial charge in [0.15, 0.2) is 0 Å². The highest BCUT2D eigenvalue weighted by Gasteiger charge is 2.43. The maximum Gasteiger partial charge on any atom is 0.522 e. The van der Waals surface area contributed by atoms with E-state index >= 15 is 0 Å². The lowest BCUT2D eigenvalue weighted by Gasteiger charge is -2.37. The molecule has 18 heavy (non-hydrogen) atoms. The van der Waals surface area contributed by atoms with Crippen LogP contribution in [0.2, 0.25) is 0 Å². The lowest BCUT2D eigenvalue weighted by atomic mass is 9.67. The van der Waals surface area contributed by atoms with E-state index in [-0.39, 0.29) is 6.42 Å². The highest BCUT2D eigenvalue weighted by molar-refractivity contribution is 5.74. The molecular weight excluding hydrogens is 249 g/mol. The van der Waals surface area contributed by atoms with Gasteiger partial charge in [-0.25, -0.2) is 0 Å². The number of carbonyl (C=O) groups is 1. The van der Waals surface area contributed by atoms with Crippen molar-refractivity contribution in [2.24, 2.45) is 11.3 Å². The summed E-state index contributed by atoms with van der Waals surface area (Å²) in [5.74, 6) is -0.702. The molecule has 1 N–H and O–H groups in total. The SMILES string of the molecule is CCC1CCCC(CCOC(F)(F)F)(C(=O)O)C1. The van der Waals surface area contributed by atoms with Gasteiger partial charge in [-0.15, -0.1) is 13.2 Å². The zero-order chi connectivity index (χ0) is 13.8. The minimum absolute atomic E-state index is 0.0711. The summed E-state index contributed by atoms with van der Waals surface area (Å²) in [7, 11) is 0. The third-order valence-electron chi connectivity index (χ3n) is 3.82. The van der Waals surface area contributed by atoms with Gasteiger partial charge in [-0.3, -0.25) is 9.53 Å². The molecule has 1 fully saturated rings. The number of rotatable bonds is 5. The Labute approximate surface area is 104 Å². The summed E-state index contributed by atoms with van der Waals surface area (Å²) in [5.41, 5.74) is -1.04. The normalized spacial score (nSPS) is 29.2. The fourth-order valence-electron chi connectivity index (χ4n) is 2.72. The fourth-order valence-corrected chi connectivity index (χ4v) is 2.72. The van der Waals surface area contributed by atoms with E-state index in [0.29, 0.717) is 18.8 Å². The van der Waals surface area contributed by atoms with Crippen LogP contribution in [0.5, 0.6) is 0 Å². The first kappa shape index (κ1) is 15.3. The van der Waals surface area contributed by atoms with Crippen LogP contribution < -0.4 is 0 Å². The first-order valence-electron chi connectivity index (χ1n) is 6.23. The molecule has 0 aromatic heterocycles. The molecule has 6 heteroatoms. The number of carboxylic acids is 1. The molecule has 0 aliphatic heterocycles. The van der Waals surface area contributed by atoms with Crippen molar-refractivity contribution < 1.29 is 27.8 Å². The van der Waals surface area contributed by atoms with Gasteiger partial charge in [0.2, 0.25) is 0 Å². The maximum absolute atomic E-state index is 11.9. The monoisotopic (exact) mass is 268 g/mol. The zero-order valence-corrected chi connectivity index (χ0v) is 10.4. The van der Waals surface area contributed by atoms with Gasteiger partial charge in [-0.1, -0.05) is 26.2 Å². The predicted octanol–water partition coefficient (Wildman–Crippen LogP) is 3.58. The fraction of sp³-hybridized carbons (Fsp3) is 0.917. The lowest BCUT2D eigenvalue weighted by Crippen LogP contribution is -2.38. The Bertz CT molecular complexity index is 291. The summed E-state index contributed by atoms with van der Waals surface area (Å²) in [6.45, 7) is 1.40. The van der Waals surface area contributed by atoms with Gasteiger partial charge in [0.05, 0.1) is 12.0 Å². The van der Waals surface area contributed by atoms with Crippen LogP contribution in [0.1, 0.15) is 45.4 Å². The van der Waals surface area contributed by atoms with Gasteiger partial charge in [-0.2, -0.15) is 0 Å². The van der Waals surface area contributed by atoms with Crippen LogP contribution in [0.4, 0.5) is 13.2 Å². The molecule has 2 unspecified atom stereocenters. The van der Waals surface area contributed by atoms with Crippen molar-refractivity contribution >= 4 is 5.97 Å². The second kappa shape index (κ2) is 5.91. The lowest BCUT2D eigenvalue weighted by molar-refractivity contribution is -0.326. The third-order valence-corrected chi connectivity index (χ3v) is 3.82. The Morgan fingerprint density at radius 1 is 1.50 bits per heavy atom. The summed E-state index contributed by atoms with van der Waals surface area (Å²) in [5, 5.41) is 9.29. The molecule has 0 bridgehead atoms. The van der Waals surface area contributed by atoms with E-state index in [1.807, 2.05) is 6.92 Å². The van der Waals surface area contributed by atoms with E-state index in [2.05, 4.69) is 4.74 Å². The maximum atomic E-state index is 11.9. The number of aliphatic carboxylic acids is 1. The van der Waals surface area contributed by atoms with E-state index in [9.17, 15) is 23.1 Å². The van der Waals surface area contributed by atoms with Crippen LogP contribution in [0.15, 0.2) is 0 Å². The standard InChI is InChI=1S/C12H19F3O3/c1-2-9-4-3-5-11(8-9,10(16)17)6-7-18-12(13,14)15/h9H,2-8H2,1H3,(H,16,17). The minimum atomic E-state index is -4.68. The number of alkyl halides is 3. The Kier molecular flexibility index (Phi) is 5.01. The predicted molar refractivity (Wildman–Crippen MR) is 58.9 cm³/mol. The number of ether oxygens (including phenoxy) is 1. The smallest absolute Gasteiger partial charge is 0.481 e. The molecule has 1 aliphatic carbocycles. The highest BCUT2D eigenvalue weighted by atomic mass is 19.4. The summed E-state index contributed by atoms with van der Waals surface area (Å²) in [6, 6.07) is 0. The van der Waals surface area contributed by atoms with Crippen molar-refractivity contribution in [3.8, 4) is 0 Å². The topological polar surface area (TPSA) is 46.5 Å². The van der Waals surface area contributed by atoms with Gasteiger partial charge in [0.1, 0.15) is 0 Å². The van der Waals surface area contributed by atoms with E-state index in [0.717, 1.165) is 19.3 Å². The van der Waals surface area contributed by atoms with E-state index < -0.39 is 24.4 Å². The minimum Gasteiger partial charge on any atom is -0.481 e. The average Bonchev–Trinajstić information content (AvgIpc) is 2.27. The van der Waals surface area contributed by atoms with Gasteiger partial charge >= 0.3 is 12.3 Å². The number of hydrogen-bond donors (Lipinski definition) is 1. The van der Waals surface area contributed by atoms with Crippen LogP contribution in [-0.4, -0.2) is 24.0 Å². The molecule has 0 radical (unpaired) electrons. The molecule has 106 valence electrons. The van der Waals surface area contributed by atoms with E-state index in [1.54, 1.807) is 0 Å². The zero-order valence-electron chi connectivity index (χ0n) is 10.4. The van der Waals surface area contributed by atoms with Crippen molar-refractivity contribution in [1.29, 1.82) is 0 Å². The van der Waals surface area contributed by atoms with Gasteiger partial charge in [-0.05, 0) is 25.2 Å². The molecule has 2 atom stereocenters. The number of carboxylic acid groups (broad SMARTS) is 1. The van der Waals surface area contributed by atoms with E-state index in [4.69, 9.17) is 0 Å². The number of hydrogen-bond acceptors (Lipinski definition) is 2. The van der Waals surface area contributed by atoms with Crippen molar-refractivity contribution in [2.75, 3.05) is 6.61 Å². The summed E-state index contributed by atoms with van der Waals surface area (Å²) < 4.78 is 39.4. The van der Waals surface area contributed by atoms with Gasteiger partial charge in [0.25, 0.3) is 0 Å². The Hall–Kier alpha value is -0.780. The summed E-state index contributed by atoms with van der Waals surface area (Å²) in [4.78, 5) is 11.4. The molecule has 0 aromatic rings. The first-order valence-corrected chi connectivity index (χ1v) is 6.23. The van der Waals surface area contributed by atoms with Crippen molar-refractivity contribution in [3.63, 3.8) is 0 Å². The molecule has 3 nitrogen and oxygen atoms in total. The first-order chi connectivity index (χ1) is 8.29. The molecule has 0 spiro atoms. The Balaban J connectivity index is 2.60. The van der Waals surface area contributed by atoms with E-state index in [1.165, 1.54) is 0 Å². The quantitative estimate of drug-likeness (QED) is 0.829. The Morgan fingerprint density at radius 2 is 2.17 bits per heavy atom. The summed E-state index contributed by atoms with van der Waals surface area (Å²) in [6.07, 6.45) is -1.26. The van der Waals surface area contributed by atoms with Crippen LogP contribution in [0.3, 0.4) is 0 Å². The van der Waals surface area contributed by atoms with Crippen molar-refractivity contribution in [2.45, 2.75) is 51.8 Å². The van der Waals surface area contributed by atoms with Crippen LogP contribution in [0.25, 0.3) is 0 Å². The molecule has 1 aliphatic rings. The van der Waals surface area contributed by atoms with Crippen LogP contribution in [0, 0.1) is 11.3 Å². The van der Waals surface area contributed by atoms with Crippen LogP contribution >= 0.6 is 0 Å². The molecule has 1 saturated carbocycles. The van der Waals surface area contributed by atoms with Crippen molar-refractivity contribution in [1.82, 2.24) is 0 Å². The highest BCUT2D eigenvalue weighted by Crippen LogP contribution is 2.43. The molecular formula is C12H19F3O3. The molecule has 0 saturated heterocycles. The summed E-state index contributed by atoms with van der Waals surface area (Å²) >= 11 is 0. The van der Waals surface area contributed by atoms with Crippen molar-refractivity contribution in [3.05, 3.63) is 0 Å². The van der Waals surface area contributed by atoms with Gasteiger partial charge in [0, 0.05) is 0 Å². The molecule has 0 heterocycles. The molecule has 0 aromatic carbocycles. The second-order valence-electron chi connectivity index (χ2n) is 5.00. The van der Waals surface area contributed by atoms with Gasteiger partial charge < -0.3 is 5.11 Å².